The molecule has 0 saturated heterocycles. The third kappa shape index (κ3) is 5.07. The van der Waals surface area contributed by atoms with Gasteiger partial charge < -0.3 is 14.8 Å². The summed E-state index contributed by atoms with van der Waals surface area (Å²) in [4.78, 5) is 0. The predicted octanol–water partition coefficient (Wildman–Crippen LogP) is 2.81. The molecule has 0 saturated carbocycles. The summed E-state index contributed by atoms with van der Waals surface area (Å²) in [5.41, 5.74) is 1.27. The molecule has 0 aliphatic heterocycles. The average Bonchev–Trinajstić information content (AvgIpc) is 2.35. The van der Waals surface area contributed by atoms with Crippen molar-refractivity contribution in [2.24, 2.45) is 0 Å². The molecule has 1 aromatic carbocycles. The summed E-state index contributed by atoms with van der Waals surface area (Å²) in [6, 6.07) is 8.25. The maximum atomic E-state index is 5.98. The number of nitrogens with one attached hydrogen (secondary N) is 1. The molecule has 0 spiro atoms. The Balaban J connectivity index is 2.46. The molecule has 0 aliphatic carbocycles. The van der Waals surface area contributed by atoms with Crippen molar-refractivity contribution >= 4 is 0 Å². The van der Waals surface area contributed by atoms with Crippen molar-refractivity contribution < 1.29 is 9.47 Å². The van der Waals surface area contributed by atoms with Crippen LogP contribution in [0.4, 0.5) is 0 Å². The van der Waals surface area contributed by atoms with Crippen LogP contribution >= 0.6 is 0 Å². The van der Waals surface area contributed by atoms with Crippen molar-refractivity contribution in [3.05, 3.63) is 29.8 Å². The highest BCUT2D eigenvalue weighted by Gasteiger charge is 2.10. The number of rotatable bonds is 8. The summed E-state index contributed by atoms with van der Waals surface area (Å²) >= 11 is 0. The number of hydrogen-bond acceptors (Lipinski definition) is 3. The van der Waals surface area contributed by atoms with Crippen LogP contribution in [0.3, 0.4) is 0 Å². The minimum absolute atomic E-state index is 0.154. The highest BCUT2D eigenvalue weighted by molar-refractivity contribution is 5.35. The van der Waals surface area contributed by atoms with Gasteiger partial charge in [-0.25, -0.2) is 0 Å². The largest absolute Gasteiger partial charge is 0.489 e. The molecule has 18 heavy (non-hydrogen) atoms. The maximum absolute atomic E-state index is 5.98. The minimum Gasteiger partial charge on any atom is -0.489 e. The number of benzene rings is 1. The Morgan fingerprint density at radius 3 is 2.56 bits per heavy atom. The van der Waals surface area contributed by atoms with Gasteiger partial charge in [0.1, 0.15) is 11.9 Å². The third-order valence-corrected chi connectivity index (χ3v) is 2.78. The van der Waals surface area contributed by atoms with Crippen LogP contribution in [-0.2, 0) is 4.74 Å². The van der Waals surface area contributed by atoms with Crippen molar-refractivity contribution in [3.8, 4) is 5.75 Å². The SMILES string of the molecule is COCCNCC(C)Oc1ccccc1C(C)C. The van der Waals surface area contributed by atoms with Gasteiger partial charge in [-0.2, -0.15) is 0 Å². The Morgan fingerprint density at radius 2 is 1.89 bits per heavy atom. The molecule has 0 aliphatic rings. The lowest BCUT2D eigenvalue weighted by atomic mass is 10.0. The first-order valence-corrected chi connectivity index (χ1v) is 6.60. The van der Waals surface area contributed by atoms with E-state index in [0.29, 0.717) is 5.92 Å². The van der Waals surface area contributed by atoms with Crippen LogP contribution in [0.2, 0.25) is 0 Å². The van der Waals surface area contributed by atoms with E-state index in [1.54, 1.807) is 7.11 Å². The highest BCUT2D eigenvalue weighted by atomic mass is 16.5. The number of para-hydroxylation sites is 1. The molecule has 1 rings (SSSR count). The molecule has 0 amide bonds. The van der Waals surface area contributed by atoms with E-state index in [9.17, 15) is 0 Å². The normalized spacial score (nSPS) is 12.7. The summed E-state index contributed by atoms with van der Waals surface area (Å²) < 4.78 is 11.0. The van der Waals surface area contributed by atoms with Crippen molar-refractivity contribution in [2.45, 2.75) is 32.8 Å². The predicted molar refractivity (Wildman–Crippen MR) is 75.4 cm³/mol. The molecule has 1 N–H and O–H groups in total. The van der Waals surface area contributed by atoms with Crippen LogP contribution in [0.15, 0.2) is 24.3 Å². The van der Waals surface area contributed by atoms with Crippen LogP contribution < -0.4 is 10.1 Å². The Morgan fingerprint density at radius 1 is 1.17 bits per heavy atom. The first-order chi connectivity index (χ1) is 8.65. The van der Waals surface area contributed by atoms with Gasteiger partial charge in [-0.3, -0.25) is 0 Å². The second-order valence-corrected chi connectivity index (χ2v) is 4.82. The first-order valence-electron chi connectivity index (χ1n) is 6.60. The zero-order chi connectivity index (χ0) is 13.4. The van der Waals surface area contributed by atoms with Gasteiger partial charge in [0.25, 0.3) is 0 Å². The lowest BCUT2D eigenvalue weighted by Gasteiger charge is -2.19. The summed E-state index contributed by atoms with van der Waals surface area (Å²) in [6.07, 6.45) is 0.154. The smallest absolute Gasteiger partial charge is 0.123 e. The number of ether oxygens (including phenoxy) is 2. The fourth-order valence-corrected chi connectivity index (χ4v) is 1.80. The Kier molecular flexibility index (Phi) is 6.76. The fraction of sp³-hybridized carbons (Fsp3) is 0.600. The van der Waals surface area contributed by atoms with Crippen LogP contribution in [0.5, 0.6) is 5.75 Å². The van der Waals surface area contributed by atoms with Gasteiger partial charge >= 0.3 is 0 Å². The topological polar surface area (TPSA) is 30.5 Å². The van der Waals surface area contributed by atoms with E-state index in [4.69, 9.17) is 9.47 Å². The fourth-order valence-electron chi connectivity index (χ4n) is 1.80. The Bertz CT molecular complexity index is 339. The van der Waals surface area contributed by atoms with Gasteiger partial charge in [0.05, 0.1) is 6.61 Å². The van der Waals surface area contributed by atoms with E-state index in [2.05, 4.69) is 38.2 Å². The molecule has 0 heterocycles. The lowest BCUT2D eigenvalue weighted by Crippen LogP contribution is -2.31. The van der Waals surface area contributed by atoms with E-state index in [-0.39, 0.29) is 6.10 Å². The van der Waals surface area contributed by atoms with Gasteiger partial charge in [-0.1, -0.05) is 32.0 Å². The molecule has 0 bridgehead atoms. The summed E-state index contributed by atoms with van der Waals surface area (Å²) in [5.74, 6) is 1.48. The second kappa shape index (κ2) is 8.11. The monoisotopic (exact) mass is 251 g/mol. The Hall–Kier alpha value is -1.06. The minimum atomic E-state index is 0.154. The van der Waals surface area contributed by atoms with Crippen LogP contribution in [0.1, 0.15) is 32.3 Å². The Labute approximate surface area is 110 Å². The van der Waals surface area contributed by atoms with E-state index >= 15 is 0 Å². The molecule has 0 fully saturated rings. The van der Waals surface area contributed by atoms with Crippen LogP contribution in [0, 0.1) is 0 Å². The zero-order valence-electron chi connectivity index (χ0n) is 11.9. The molecule has 1 unspecified atom stereocenters. The van der Waals surface area contributed by atoms with Gasteiger partial charge in [-0.05, 0) is 24.5 Å². The average molecular weight is 251 g/mol. The molecule has 0 aromatic heterocycles. The molecule has 0 radical (unpaired) electrons. The number of methoxy groups -OCH3 is 1. The molecule has 1 aromatic rings. The molecule has 3 heteroatoms. The standard InChI is InChI=1S/C15H25NO2/c1-12(2)14-7-5-6-8-15(14)18-13(3)11-16-9-10-17-4/h5-8,12-13,16H,9-11H2,1-4H3. The van der Waals surface area contributed by atoms with E-state index in [1.807, 2.05) is 12.1 Å². The quantitative estimate of drug-likeness (QED) is 0.721. The van der Waals surface area contributed by atoms with Crippen molar-refractivity contribution in [2.75, 3.05) is 26.8 Å². The molecule has 3 nitrogen and oxygen atoms in total. The maximum Gasteiger partial charge on any atom is 0.123 e. The van der Waals surface area contributed by atoms with Crippen LogP contribution in [-0.4, -0.2) is 32.9 Å². The van der Waals surface area contributed by atoms with Gasteiger partial charge in [0.2, 0.25) is 0 Å². The third-order valence-electron chi connectivity index (χ3n) is 2.78. The molecular weight excluding hydrogens is 226 g/mol. The molecule has 102 valence electrons. The summed E-state index contributed by atoms with van der Waals surface area (Å²) in [5, 5.41) is 3.31. The lowest BCUT2D eigenvalue weighted by molar-refractivity contribution is 0.183. The second-order valence-electron chi connectivity index (χ2n) is 4.82. The van der Waals surface area contributed by atoms with Crippen molar-refractivity contribution in [1.29, 1.82) is 0 Å². The highest BCUT2D eigenvalue weighted by Crippen LogP contribution is 2.26. The van der Waals surface area contributed by atoms with Crippen molar-refractivity contribution in [1.82, 2.24) is 5.32 Å². The van der Waals surface area contributed by atoms with Crippen molar-refractivity contribution in [3.63, 3.8) is 0 Å². The van der Waals surface area contributed by atoms with E-state index < -0.39 is 0 Å². The number of hydrogen-bond donors (Lipinski definition) is 1. The zero-order valence-corrected chi connectivity index (χ0v) is 11.9. The molecular formula is C15H25NO2. The van der Waals surface area contributed by atoms with E-state index in [1.165, 1.54) is 5.56 Å². The first kappa shape index (κ1) is 15.0. The van der Waals surface area contributed by atoms with E-state index in [0.717, 1.165) is 25.4 Å². The van der Waals surface area contributed by atoms with Gasteiger partial charge in [0.15, 0.2) is 0 Å². The summed E-state index contributed by atoms with van der Waals surface area (Å²) in [7, 11) is 1.71. The van der Waals surface area contributed by atoms with Crippen LogP contribution in [0.25, 0.3) is 0 Å². The van der Waals surface area contributed by atoms with Gasteiger partial charge in [0, 0.05) is 20.2 Å². The van der Waals surface area contributed by atoms with Gasteiger partial charge in [-0.15, -0.1) is 0 Å². The molecule has 1 atom stereocenters. The summed E-state index contributed by atoms with van der Waals surface area (Å²) in [6.45, 7) is 8.87.